The molecular formula is C43H30N2. The van der Waals surface area contributed by atoms with Crippen molar-refractivity contribution in [2.45, 2.75) is 19.3 Å². The molecule has 1 aliphatic rings. The predicted octanol–water partition coefficient (Wildman–Crippen LogP) is 11.2. The molecule has 0 N–H and O–H groups in total. The molecule has 8 aromatic rings. The molecule has 0 radical (unpaired) electrons. The van der Waals surface area contributed by atoms with E-state index in [0.29, 0.717) is 0 Å². The Morgan fingerprint density at radius 2 is 1.02 bits per heavy atom. The Balaban J connectivity index is 1.23. The summed E-state index contributed by atoms with van der Waals surface area (Å²) in [5.41, 5.74) is 13.2. The quantitative estimate of drug-likeness (QED) is 0.196. The lowest BCUT2D eigenvalue weighted by Crippen LogP contribution is -2.14. The predicted molar refractivity (Wildman–Crippen MR) is 188 cm³/mol. The molecule has 0 fully saturated rings. The van der Waals surface area contributed by atoms with Gasteiger partial charge in [-0.15, -0.1) is 0 Å². The van der Waals surface area contributed by atoms with Gasteiger partial charge < -0.3 is 0 Å². The lowest BCUT2D eigenvalue weighted by atomic mass is 9.80. The van der Waals surface area contributed by atoms with Gasteiger partial charge in [-0.25, -0.2) is 0 Å². The van der Waals surface area contributed by atoms with Gasteiger partial charge in [0.05, 0.1) is 11.2 Å². The standard InChI is InChI=1S/C43H30N2/c1-43(2)37-17-9-8-12-31(37)32-21-19-28(24-38(32)43)41-33-13-4-6-15-35(33)42(36-16-7-5-14-34(36)41)29-20-22-40(44-25-29)30-23-27-11-3-10-18-39(27)45-26-30/h3-26H,1-2H3. The van der Waals surface area contributed by atoms with E-state index in [-0.39, 0.29) is 5.41 Å². The van der Waals surface area contributed by atoms with Crippen LogP contribution in [-0.2, 0) is 5.41 Å². The summed E-state index contributed by atoms with van der Waals surface area (Å²) in [5, 5.41) is 6.09. The summed E-state index contributed by atoms with van der Waals surface area (Å²) in [6.07, 6.45) is 3.94. The highest BCUT2D eigenvalue weighted by molar-refractivity contribution is 6.21. The third kappa shape index (κ3) is 3.89. The third-order valence-electron chi connectivity index (χ3n) is 9.74. The summed E-state index contributed by atoms with van der Waals surface area (Å²) in [7, 11) is 0. The van der Waals surface area contributed by atoms with Crippen LogP contribution < -0.4 is 0 Å². The lowest BCUT2D eigenvalue weighted by molar-refractivity contribution is 0.660. The van der Waals surface area contributed by atoms with E-state index in [1.54, 1.807) is 0 Å². The van der Waals surface area contributed by atoms with Gasteiger partial charge in [-0.1, -0.05) is 123 Å². The minimum absolute atomic E-state index is 0.0541. The molecule has 212 valence electrons. The first-order valence-electron chi connectivity index (χ1n) is 15.6. The second-order valence-electron chi connectivity index (χ2n) is 12.6. The highest BCUT2D eigenvalue weighted by atomic mass is 14.7. The molecule has 2 heterocycles. The van der Waals surface area contributed by atoms with Crippen molar-refractivity contribution in [3.63, 3.8) is 0 Å². The number of hydrogen-bond donors (Lipinski definition) is 0. The second-order valence-corrected chi connectivity index (χ2v) is 12.6. The molecule has 0 bridgehead atoms. The van der Waals surface area contributed by atoms with Crippen LogP contribution in [0.3, 0.4) is 0 Å². The fourth-order valence-corrected chi connectivity index (χ4v) is 7.53. The zero-order valence-electron chi connectivity index (χ0n) is 25.3. The first-order valence-corrected chi connectivity index (χ1v) is 15.6. The minimum Gasteiger partial charge on any atom is -0.256 e. The highest BCUT2D eigenvalue weighted by Gasteiger charge is 2.35. The largest absolute Gasteiger partial charge is 0.256 e. The molecule has 0 amide bonds. The van der Waals surface area contributed by atoms with Gasteiger partial charge in [0.15, 0.2) is 0 Å². The average Bonchev–Trinajstić information content (AvgIpc) is 3.32. The van der Waals surface area contributed by atoms with Crippen LogP contribution in [0.15, 0.2) is 146 Å². The van der Waals surface area contributed by atoms with E-state index in [0.717, 1.165) is 27.7 Å². The van der Waals surface area contributed by atoms with E-state index >= 15 is 0 Å². The first-order chi connectivity index (χ1) is 22.1. The van der Waals surface area contributed by atoms with Crippen LogP contribution in [0.4, 0.5) is 0 Å². The number of aromatic nitrogens is 2. The number of benzene rings is 6. The van der Waals surface area contributed by atoms with Gasteiger partial charge in [0.25, 0.3) is 0 Å². The molecule has 6 aromatic carbocycles. The molecule has 0 spiro atoms. The zero-order valence-corrected chi connectivity index (χ0v) is 25.3. The van der Waals surface area contributed by atoms with Gasteiger partial charge in [0.1, 0.15) is 0 Å². The molecule has 0 saturated heterocycles. The summed E-state index contributed by atoms with van der Waals surface area (Å²) < 4.78 is 0. The van der Waals surface area contributed by atoms with Crippen molar-refractivity contribution in [2.75, 3.05) is 0 Å². The van der Waals surface area contributed by atoms with Gasteiger partial charge in [-0.3, -0.25) is 9.97 Å². The number of pyridine rings is 2. The Hall–Kier alpha value is -5.60. The van der Waals surface area contributed by atoms with E-state index in [1.807, 2.05) is 30.6 Å². The van der Waals surface area contributed by atoms with Gasteiger partial charge in [-0.2, -0.15) is 0 Å². The maximum absolute atomic E-state index is 4.96. The normalized spacial score (nSPS) is 13.3. The van der Waals surface area contributed by atoms with Gasteiger partial charge >= 0.3 is 0 Å². The average molecular weight is 575 g/mol. The fourth-order valence-electron chi connectivity index (χ4n) is 7.53. The smallest absolute Gasteiger partial charge is 0.0718 e. The summed E-state index contributed by atoms with van der Waals surface area (Å²) in [5.74, 6) is 0. The van der Waals surface area contributed by atoms with Gasteiger partial charge in [0, 0.05) is 34.3 Å². The lowest BCUT2D eigenvalue weighted by Gasteiger charge is -2.23. The molecule has 1 aliphatic carbocycles. The van der Waals surface area contributed by atoms with Crippen molar-refractivity contribution in [3.8, 4) is 44.6 Å². The van der Waals surface area contributed by atoms with Crippen molar-refractivity contribution in [3.05, 3.63) is 157 Å². The van der Waals surface area contributed by atoms with Crippen LogP contribution in [0.2, 0.25) is 0 Å². The third-order valence-corrected chi connectivity index (χ3v) is 9.74. The Bertz CT molecular complexity index is 2390. The SMILES string of the molecule is CC1(C)c2ccccc2-c2ccc(-c3c4ccccc4c(-c4ccc(-c5cnc6ccccc6c5)nc4)c4ccccc34)cc21. The maximum Gasteiger partial charge on any atom is 0.0718 e. The number of fused-ring (bicyclic) bond motifs is 6. The van der Waals surface area contributed by atoms with Gasteiger partial charge in [0.2, 0.25) is 0 Å². The van der Waals surface area contributed by atoms with Crippen molar-refractivity contribution in [1.82, 2.24) is 9.97 Å². The summed E-state index contributed by atoms with van der Waals surface area (Å²) in [6.45, 7) is 4.71. The van der Waals surface area contributed by atoms with E-state index in [9.17, 15) is 0 Å². The molecule has 9 rings (SSSR count). The number of nitrogens with zero attached hydrogens (tertiary/aromatic N) is 2. The highest BCUT2D eigenvalue weighted by Crippen LogP contribution is 2.51. The van der Waals surface area contributed by atoms with Crippen LogP contribution in [0.5, 0.6) is 0 Å². The van der Waals surface area contributed by atoms with Crippen LogP contribution in [0, 0.1) is 0 Å². The molecule has 0 aliphatic heterocycles. The summed E-state index contributed by atoms with van der Waals surface area (Å²) >= 11 is 0. The topological polar surface area (TPSA) is 25.8 Å². The van der Waals surface area contributed by atoms with Crippen molar-refractivity contribution >= 4 is 32.4 Å². The molecule has 0 saturated carbocycles. The number of rotatable bonds is 3. The van der Waals surface area contributed by atoms with Crippen molar-refractivity contribution < 1.29 is 0 Å². The Morgan fingerprint density at radius 1 is 0.444 bits per heavy atom. The van der Waals surface area contributed by atoms with Crippen molar-refractivity contribution in [2.24, 2.45) is 0 Å². The van der Waals surface area contributed by atoms with E-state index in [1.165, 1.54) is 60.5 Å². The van der Waals surface area contributed by atoms with Gasteiger partial charge in [-0.05, 0) is 84.8 Å². The van der Waals surface area contributed by atoms with E-state index in [2.05, 4.69) is 134 Å². The van der Waals surface area contributed by atoms with Crippen LogP contribution in [0.1, 0.15) is 25.0 Å². The van der Waals surface area contributed by atoms with Crippen LogP contribution in [0.25, 0.3) is 77.1 Å². The van der Waals surface area contributed by atoms with Crippen molar-refractivity contribution in [1.29, 1.82) is 0 Å². The Morgan fingerprint density at radius 3 is 1.73 bits per heavy atom. The molecular weight excluding hydrogens is 544 g/mol. The second kappa shape index (κ2) is 9.70. The minimum atomic E-state index is -0.0541. The zero-order chi connectivity index (χ0) is 30.1. The molecule has 45 heavy (non-hydrogen) atoms. The summed E-state index contributed by atoms with van der Waals surface area (Å²) in [4.78, 5) is 9.62. The molecule has 0 unspecified atom stereocenters. The van der Waals surface area contributed by atoms with Crippen LogP contribution >= 0.6 is 0 Å². The maximum atomic E-state index is 4.96. The monoisotopic (exact) mass is 574 g/mol. The fraction of sp³-hybridized carbons (Fsp3) is 0.0698. The Labute approximate surface area is 262 Å². The number of para-hydroxylation sites is 1. The molecule has 0 atom stereocenters. The van der Waals surface area contributed by atoms with E-state index in [4.69, 9.17) is 4.98 Å². The Kier molecular flexibility index (Phi) is 5.58. The number of hydrogen-bond acceptors (Lipinski definition) is 2. The van der Waals surface area contributed by atoms with Crippen LogP contribution in [-0.4, -0.2) is 9.97 Å². The molecule has 2 nitrogen and oxygen atoms in total. The van der Waals surface area contributed by atoms with E-state index < -0.39 is 0 Å². The first kappa shape index (κ1) is 25.9. The molecule has 2 aromatic heterocycles. The molecule has 2 heteroatoms. The summed E-state index contributed by atoms with van der Waals surface area (Å²) in [6, 6.07) is 48.3.